The number of thiophene rings is 1. The lowest BCUT2D eigenvalue weighted by Crippen LogP contribution is -2.10. The SMILES string of the molecule is O=C(O)c1ccc(CNCc2cncs2)s1. The minimum Gasteiger partial charge on any atom is -0.477 e. The summed E-state index contributed by atoms with van der Waals surface area (Å²) in [5.41, 5.74) is 1.80. The van der Waals surface area contributed by atoms with Crippen LogP contribution in [0.5, 0.6) is 0 Å². The Labute approximate surface area is 101 Å². The molecule has 4 nitrogen and oxygen atoms in total. The Kier molecular flexibility index (Phi) is 3.66. The van der Waals surface area contributed by atoms with Gasteiger partial charge in [0.2, 0.25) is 0 Å². The Balaban J connectivity index is 1.83. The van der Waals surface area contributed by atoms with E-state index < -0.39 is 5.97 Å². The third-order valence-corrected chi connectivity index (χ3v) is 3.81. The van der Waals surface area contributed by atoms with Crippen LogP contribution in [-0.4, -0.2) is 16.1 Å². The van der Waals surface area contributed by atoms with Gasteiger partial charge < -0.3 is 10.4 Å². The molecule has 0 saturated heterocycles. The molecular weight excluding hydrogens is 244 g/mol. The highest BCUT2D eigenvalue weighted by Crippen LogP contribution is 2.16. The zero-order valence-corrected chi connectivity index (χ0v) is 9.98. The van der Waals surface area contributed by atoms with Crippen LogP contribution in [0.2, 0.25) is 0 Å². The Morgan fingerprint density at radius 2 is 2.19 bits per heavy atom. The number of carboxylic acids is 1. The Bertz CT molecular complexity index is 465. The van der Waals surface area contributed by atoms with Crippen LogP contribution >= 0.6 is 22.7 Å². The summed E-state index contributed by atoms with van der Waals surface area (Å²) in [7, 11) is 0. The summed E-state index contributed by atoms with van der Waals surface area (Å²) in [5.74, 6) is -0.862. The van der Waals surface area contributed by atoms with Crippen LogP contribution in [0.4, 0.5) is 0 Å². The zero-order chi connectivity index (χ0) is 11.4. The number of carboxylic acid groups (broad SMARTS) is 1. The maximum absolute atomic E-state index is 10.7. The summed E-state index contributed by atoms with van der Waals surface area (Å²) < 4.78 is 0. The van der Waals surface area contributed by atoms with E-state index in [1.54, 1.807) is 22.9 Å². The van der Waals surface area contributed by atoms with E-state index in [2.05, 4.69) is 10.3 Å². The molecule has 84 valence electrons. The third-order valence-electron chi connectivity index (χ3n) is 1.95. The van der Waals surface area contributed by atoms with Gasteiger partial charge in [0.05, 0.1) is 5.51 Å². The molecule has 2 aromatic heterocycles. The molecular formula is C10H10N2O2S2. The fourth-order valence-corrected chi connectivity index (χ4v) is 2.61. The minimum atomic E-state index is -0.862. The van der Waals surface area contributed by atoms with Crippen LogP contribution in [0.3, 0.4) is 0 Å². The van der Waals surface area contributed by atoms with Crippen LogP contribution in [0.25, 0.3) is 0 Å². The molecule has 2 rings (SSSR count). The van der Waals surface area contributed by atoms with E-state index in [4.69, 9.17) is 5.11 Å². The van der Waals surface area contributed by atoms with Crippen molar-refractivity contribution in [1.82, 2.24) is 10.3 Å². The first kappa shape index (κ1) is 11.3. The molecule has 0 unspecified atom stereocenters. The van der Waals surface area contributed by atoms with Crippen LogP contribution in [0.1, 0.15) is 19.4 Å². The lowest BCUT2D eigenvalue weighted by molar-refractivity contribution is 0.0702. The van der Waals surface area contributed by atoms with Crippen LogP contribution < -0.4 is 5.32 Å². The van der Waals surface area contributed by atoms with E-state index in [0.717, 1.165) is 11.4 Å². The minimum absolute atomic E-state index is 0.384. The fourth-order valence-electron chi connectivity index (χ4n) is 1.23. The van der Waals surface area contributed by atoms with Crippen LogP contribution in [0, 0.1) is 0 Å². The van der Waals surface area contributed by atoms with Crippen molar-refractivity contribution in [2.24, 2.45) is 0 Å². The lowest BCUT2D eigenvalue weighted by atomic mass is 10.4. The lowest BCUT2D eigenvalue weighted by Gasteiger charge is -1.99. The topological polar surface area (TPSA) is 62.2 Å². The van der Waals surface area contributed by atoms with Crippen molar-refractivity contribution < 1.29 is 9.90 Å². The summed E-state index contributed by atoms with van der Waals surface area (Å²) in [6.45, 7) is 1.46. The van der Waals surface area contributed by atoms with E-state index in [0.29, 0.717) is 11.4 Å². The average Bonchev–Trinajstić information content (AvgIpc) is 2.87. The maximum Gasteiger partial charge on any atom is 0.345 e. The van der Waals surface area contributed by atoms with Crippen molar-refractivity contribution in [3.05, 3.63) is 38.5 Å². The number of carbonyl (C=O) groups is 1. The van der Waals surface area contributed by atoms with Gasteiger partial charge in [0.1, 0.15) is 4.88 Å². The van der Waals surface area contributed by atoms with E-state index in [9.17, 15) is 4.79 Å². The predicted octanol–water partition coefficient (Wildman–Crippen LogP) is 2.19. The molecule has 0 aliphatic carbocycles. The third kappa shape index (κ3) is 2.88. The largest absolute Gasteiger partial charge is 0.477 e. The highest BCUT2D eigenvalue weighted by atomic mass is 32.1. The van der Waals surface area contributed by atoms with E-state index >= 15 is 0 Å². The predicted molar refractivity (Wildman–Crippen MR) is 63.9 cm³/mol. The van der Waals surface area contributed by atoms with Crippen molar-refractivity contribution in [2.75, 3.05) is 0 Å². The summed E-state index contributed by atoms with van der Waals surface area (Å²) in [6, 6.07) is 3.48. The number of hydrogen-bond acceptors (Lipinski definition) is 5. The fraction of sp³-hybridized carbons (Fsp3) is 0.200. The highest BCUT2D eigenvalue weighted by Gasteiger charge is 2.06. The van der Waals surface area contributed by atoms with E-state index in [1.165, 1.54) is 16.2 Å². The molecule has 0 saturated carbocycles. The van der Waals surface area contributed by atoms with Crippen LogP contribution in [0.15, 0.2) is 23.8 Å². The van der Waals surface area contributed by atoms with Gasteiger partial charge in [0.15, 0.2) is 0 Å². The molecule has 2 heterocycles. The first-order valence-corrected chi connectivity index (χ1v) is 6.35. The molecule has 0 bridgehead atoms. The van der Waals surface area contributed by atoms with Gasteiger partial charge in [0.25, 0.3) is 0 Å². The molecule has 0 spiro atoms. The number of aromatic carboxylic acids is 1. The van der Waals surface area contributed by atoms with Crippen molar-refractivity contribution in [3.8, 4) is 0 Å². The standard InChI is InChI=1S/C10H10N2O2S2/c13-10(14)9-2-1-7(16-9)3-11-4-8-5-12-6-15-8/h1-2,5-6,11H,3-4H2,(H,13,14). The molecule has 0 aliphatic heterocycles. The molecule has 2 N–H and O–H groups in total. The number of nitrogens with zero attached hydrogens (tertiary/aromatic N) is 1. The van der Waals surface area contributed by atoms with E-state index in [1.807, 2.05) is 12.3 Å². The molecule has 2 aromatic rings. The molecule has 6 heteroatoms. The monoisotopic (exact) mass is 254 g/mol. The van der Waals surface area contributed by atoms with Crippen molar-refractivity contribution in [3.63, 3.8) is 0 Å². The molecule has 0 aliphatic rings. The highest BCUT2D eigenvalue weighted by molar-refractivity contribution is 7.13. The second-order valence-corrected chi connectivity index (χ2v) is 5.28. The number of rotatable bonds is 5. The molecule has 16 heavy (non-hydrogen) atoms. The maximum atomic E-state index is 10.7. The summed E-state index contributed by atoms with van der Waals surface area (Å²) in [6.07, 6.45) is 1.83. The molecule has 0 fully saturated rings. The number of hydrogen-bond donors (Lipinski definition) is 2. The average molecular weight is 254 g/mol. The summed E-state index contributed by atoms with van der Waals surface area (Å²) >= 11 is 2.91. The first-order chi connectivity index (χ1) is 7.75. The van der Waals surface area contributed by atoms with Gasteiger partial charge in [0, 0.05) is 29.0 Å². The smallest absolute Gasteiger partial charge is 0.345 e. The number of aromatic nitrogens is 1. The van der Waals surface area contributed by atoms with Gasteiger partial charge in [-0.25, -0.2) is 4.79 Å². The van der Waals surface area contributed by atoms with Gasteiger partial charge in [-0.2, -0.15) is 0 Å². The van der Waals surface area contributed by atoms with Gasteiger partial charge in [-0.3, -0.25) is 4.98 Å². The Hall–Kier alpha value is -1.24. The number of thiazole rings is 1. The second kappa shape index (κ2) is 5.20. The van der Waals surface area contributed by atoms with Crippen molar-refractivity contribution in [2.45, 2.75) is 13.1 Å². The van der Waals surface area contributed by atoms with Gasteiger partial charge in [-0.15, -0.1) is 22.7 Å². The normalized spacial score (nSPS) is 10.5. The van der Waals surface area contributed by atoms with Crippen LogP contribution in [-0.2, 0) is 13.1 Å². The first-order valence-electron chi connectivity index (χ1n) is 4.66. The molecule has 0 aromatic carbocycles. The van der Waals surface area contributed by atoms with Gasteiger partial charge in [-0.1, -0.05) is 0 Å². The quantitative estimate of drug-likeness (QED) is 0.858. The van der Waals surface area contributed by atoms with Gasteiger partial charge in [-0.05, 0) is 12.1 Å². The molecule has 0 atom stereocenters. The van der Waals surface area contributed by atoms with Crippen molar-refractivity contribution >= 4 is 28.6 Å². The number of nitrogens with one attached hydrogen (secondary N) is 1. The van der Waals surface area contributed by atoms with Gasteiger partial charge >= 0.3 is 5.97 Å². The Morgan fingerprint density at radius 1 is 1.38 bits per heavy atom. The second-order valence-electron chi connectivity index (χ2n) is 3.14. The Morgan fingerprint density at radius 3 is 2.81 bits per heavy atom. The van der Waals surface area contributed by atoms with E-state index in [-0.39, 0.29) is 0 Å². The molecule has 0 amide bonds. The summed E-state index contributed by atoms with van der Waals surface area (Å²) in [4.78, 5) is 17.2. The zero-order valence-electron chi connectivity index (χ0n) is 8.34. The van der Waals surface area contributed by atoms with Crippen molar-refractivity contribution in [1.29, 1.82) is 0 Å². The molecule has 0 radical (unpaired) electrons. The summed E-state index contributed by atoms with van der Waals surface area (Å²) in [5, 5.41) is 12.0.